The lowest BCUT2D eigenvalue weighted by Crippen LogP contribution is -2.38. The molecule has 1 aromatic carbocycles. The van der Waals surface area contributed by atoms with Crippen LogP contribution in [0.25, 0.3) is 0 Å². The van der Waals surface area contributed by atoms with Crippen molar-refractivity contribution in [3.8, 4) is 0 Å². The second-order valence-corrected chi connectivity index (χ2v) is 5.23. The molecule has 2 amide bonds. The van der Waals surface area contributed by atoms with Crippen LogP contribution in [0.2, 0.25) is 0 Å². The SMILES string of the molecule is CN1CCCN(C(=O)c2ccccc2Br)CC1=O. The van der Waals surface area contributed by atoms with Crippen molar-refractivity contribution in [3.63, 3.8) is 0 Å². The molecule has 1 saturated heterocycles. The zero-order valence-corrected chi connectivity index (χ0v) is 11.8. The van der Waals surface area contributed by atoms with Gasteiger partial charge in [0.05, 0.1) is 5.56 Å². The van der Waals surface area contributed by atoms with E-state index in [-0.39, 0.29) is 18.4 Å². The topological polar surface area (TPSA) is 40.6 Å². The minimum Gasteiger partial charge on any atom is -0.344 e. The van der Waals surface area contributed by atoms with Gasteiger partial charge >= 0.3 is 0 Å². The second kappa shape index (κ2) is 5.52. The van der Waals surface area contributed by atoms with Gasteiger partial charge in [0, 0.05) is 24.6 Å². The average Bonchev–Trinajstić information content (AvgIpc) is 2.52. The van der Waals surface area contributed by atoms with E-state index in [0.29, 0.717) is 18.7 Å². The van der Waals surface area contributed by atoms with Crippen LogP contribution in [0, 0.1) is 0 Å². The fourth-order valence-electron chi connectivity index (χ4n) is 1.96. The summed E-state index contributed by atoms with van der Waals surface area (Å²) in [7, 11) is 1.77. The molecule has 0 N–H and O–H groups in total. The van der Waals surface area contributed by atoms with Gasteiger partial charge in [-0.3, -0.25) is 9.59 Å². The fourth-order valence-corrected chi connectivity index (χ4v) is 2.42. The molecule has 0 spiro atoms. The van der Waals surface area contributed by atoms with E-state index in [1.54, 1.807) is 22.9 Å². The lowest BCUT2D eigenvalue weighted by atomic mass is 10.2. The molecular formula is C13H15BrN2O2. The molecule has 0 saturated carbocycles. The van der Waals surface area contributed by atoms with Crippen molar-refractivity contribution >= 4 is 27.7 Å². The fraction of sp³-hybridized carbons (Fsp3) is 0.385. The zero-order valence-electron chi connectivity index (χ0n) is 10.2. The number of hydrogen-bond donors (Lipinski definition) is 0. The Morgan fingerprint density at radius 2 is 2.00 bits per heavy atom. The summed E-state index contributed by atoms with van der Waals surface area (Å²) in [4.78, 5) is 27.4. The molecule has 0 radical (unpaired) electrons. The highest BCUT2D eigenvalue weighted by Gasteiger charge is 2.24. The molecule has 0 unspecified atom stereocenters. The van der Waals surface area contributed by atoms with Crippen molar-refractivity contribution in [2.75, 3.05) is 26.7 Å². The van der Waals surface area contributed by atoms with E-state index >= 15 is 0 Å². The van der Waals surface area contributed by atoms with E-state index < -0.39 is 0 Å². The maximum atomic E-state index is 12.4. The van der Waals surface area contributed by atoms with Gasteiger partial charge in [-0.2, -0.15) is 0 Å². The predicted molar refractivity (Wildman–Crippen MR) is 72.3 cm³/mol. The van der Waals surface area contributed by atoms with Crippen molar-refractivity contribution in [1.82, 2.24) is 9.80 Å². The van der Waals surface area contributed by atoms with Crippen LogP contribution < -0.4 is 0 Å². The number of halogens is 1. The molecule has 4 nitrogen and oxygen atoms in total. The Bertz CT molecular complexity index is 476. The van der Waals surface area contributed by atoms with E-state index in [2.05, 4.69) is 15.9 Å². The van der Waals surface area contributed by atoms with E-state index in [1.807, 2.05) is 18.2 Å². The average molecular weight is 311 g/mol. The molecule has 96 valence electrons. The first-order chi connectivity index (χ1) is 8.59. The smallest absolute Gasteiger partial charge is 0.255 e. The minimum atomic E-state index is -0.0916. The molecule has 1 fully saturated rings. The molecule has 1 heterocycles. The first-order valence-electron chi connectivity index (χ1n) is 5.87. The largest absolute Gasteiger partial charge is 0.344 e. The van der Waals surface area contributed by atoms with Crippen molar-refractivity contribution in [1.29, 1.82) is 0 Å². The number of carbonyl (C=O) groups excluding carboxylic acids is 2. The molecule has 5 heteroatoms. The summed E-state index contributed by atoms with van der Waals surface area (Å²) in [6, 6.07) is 7.29. The van der Waals surface area contributed by atoms with Crippen LogP contribution in [0.5, 0.6) is 0 Å². The van der Waals surface area contributed by atoms with Crippen LogP contribution in [0.4, 0.5) is 0 Å². The predicted octanol–water partition coefficient (Wildman–Crippen LogP) is 1.75. The first kappa shape index (κ1) is 13.1. The van der Waals surface area contributed by atoms with Crippen LogP contribution in [0.15, 0.2) is 28.7 Å². The van der Waals surface area contributed by atoms with Gasteiger partial charge in [0.2, 0.25) is 5.91 Å². The Balaban J connectivity index is 2.19. The second-order valence-electron chi connectivity index (χ2n) is 4.38. The van der Waals surface area contributed by atoms with Crippen LogP contribution in [-0.2, 0) is 4.79 Å². The quantitative estimate of drug-likeness (QED) is 0.793. The third-order valence-electron chi connectivity index (χ3n) is 3.06. The maximum absolute atomic E-state index is 12.4. The zero-order chi connectivity index (χ0) is 13.1. The highest BCUT2D eigenvalue weighted by atomic mass is 79.9. The Morgan fingerprint density at radius 3 is 2.72 bits per heavy atom. The molecule has 1 aliphatic heterocycles. The van der Waals surface area contributed by atoms with Crippen molar-refractivity contribution < 1.29 is 9.59 Å². The summed E-state index contributed by atoms with van der Waals surface area (Å²) in [6.45, 7) is 1.49. The number of hydrogen-bond acceptors (Lipinski definition) is 2. The van der Waals surface area contributed by atoms with E-state index in [9.17, 15) is 9.59 Å². The van der Waals surface area contributed by atoms with Crippen LogP contribution in [-0.4, -0.2) is 48.3 Å². The van der Waals surface area contributed by atoms with Crippen LogP contribution in [0.1, 0.15) is 16.8 Å². The number of rotatable bonds is 1. The van der Waals surface area contributed by atoms with Gasteiger partial charge in [-0.25, -0.2) is 0 Å². The monoisotopic (exact) mass is 310 g/mol. The Labute approximate surface area is 115 Å². The standard InChI is InChI=1S/C13H15BrN2O2/c1-15-7-4-8-16(9-12(15)17)13(18)10-5-2-3-6-11(10)14/h2-3,5-6H,4,7-9H2,1H3. The molecule has 0 aliphatic carbocycles. The van der Waals surface area contributed by atoms with Crippen LogP contribution >= 0.6 is 15.9 Å². The Kier molecular flexibility index (Phi) is 4.01. The third-order valence-corrected chi connectivity index (χ3v) is 3.76. The van der Waals surface area contributed by atoms with Gasteiger partial charge in [0.1, 0.15) is 6.54 Å². The van der Waals surface area contributed by atoms with Gasteiger partial charge < -0.3 is 9.80 Å². The van der Waals surface area contributed by atoms with Gasteiger partial charge in [-0.15, -0.1) is 0 Å². The lowest BCUT2D eigenvalue weighted by molar-refractivity contribution is -0.129. The molecular weight excluding hydrogens is 296 g/mol. The highest BCUT2D eigenvalue weighted by molar-refractivity contribution is 9.10. The number of carbonyl (C=O) groups is 2. The summed E-state index contributed by atoms with van der Waals surface area (Å²) < 4.78 is 0.764. The lowest BCUT2D eigenvalue weighted by Gasteiger charge is -2.20. The normalized spacial score (nSPS) is 16.7. The van der Waals surface area contributed by atoms with Gasteiger partial charge in [0.25, 0.3) is 5.91 Å². The van der Waals surface area contributed by atoms with Gasteiger partial charge in [-0.05, 0) is 34.5 Å². The maximum Gasteiger partial charge on any atom is 0.255 e. The van der Waals surface area contributed by atoms with Gasteiger partial charge in [0.15, 0.2) is 0 Å². The summed E-state index contributed by atoms with van der Waals surface area (Å²) in [5, 5.41) is 0. The third kappa shape index (κ3) is 2.72. The molecule has 0 bridgehead atoms. The van der Waals surface area contributed by atoms with Crippen molar-refractivity contribution in [2.24, 2.45) is 0 Å². The number of likely N-dealkylation sites (N-methyl/N-ethyl adjacent to an activating group) is 1. The summed E-state index contributed by atoms with van der Waals surface area (Å²) in [5.41, 5.74) is 0.606. The Morgan fingerprint density at radius 1 is 1.28 bits per heavy atom. The highest BCUT2D eigenvalue weighted by Crippen LogP contribution is 2.18. The number of amides is 2. The van der Waals surface area contributed by atoms with E-state index in [1.165, 1.54) is 0 Å². The molecule has 1 aromatic rings. The molecule has 1 aliphatic rings. The van der Waals surface area contributed by atoms with E-state index in [4.69, 9.17) is 0 Å². The molecule has 0 atom stereocenters. The van der Waals surface area contributed by atoms with Crippen molar-refractivity contribution in [3.05, 3.63) is 34.3 Å². The number of benzene rings is 1. The van der Waals surface area contributed by atoms with Gasteiger partial charge in [-0.1, -0.05) is 12.1 Å². The molecule has 0 aromatic heterocycles. The number of nitrogens with zero attached hydrogens (tertiary/aromatic N) is 2. The molecule has 18 heavy (non-hydrogen) atoms. The summed E-state index contributed by atoms with van der Waals surface area (Å²) in [5.74, 6) is -0.0981. The summed E-state index contributed by atoms with van der Waals surface area (Å²) >= 11 is 3.37. The minimum absolute atomic E-state index is 0.00657. The van der Waals surface area contributed by atoms with Crippen LogP contribution in [0.3, 0.4) is 0 Å². The van der Waals surface area contributed by atoms with E-state index in [0.717, 1.165) is 10.9 Å². The van der Waals surface area contributed by atoms with Crippen molar-refractivity contribution in [2.45, 2.75) is 6.42 Å². The summed E-state index contributed by atoms with van der Waals surface area (Å²) in [6.07, 6.45) is 0.818. The molecule has 2 rings (SSSR count). The first-order valence-corrected chi connectivity index (χ1v) is 6.66. The Hall–Kier alpha value is -1.36.